The normalized spacial score (nSPS) is 31.3. The third kappa shape index (κ3) is 5.36. The van der Waals surface area contributed by atoms with Gasteiger partial charge in [-0.1, -0.05) is 6.92 Å². The van der Waals surface area contributed by atoms with Crippen molar-refractivity contribution in [3.05, 3.63) is 0 Å². The Kier molecular flexibility index (Phi) is 5.80. The maximum atomic E-state index is 12.1. The molecule has 1 rings (SSSR count). The van der Waals surface area contributed by atoms with E-state index in [1.54, 1.807) is 0 Å². The maximum Gasteiger partial charge on any atom is 0.441 e. The molecule has 0 bridgehead atoms. The van der Waals surface area contributed by atoms with Crippen LogP contribution in [0.5, 0.6) is 0 Å². The number of hydrogen-bond acceptors (Lipinski definition) is 3. The third-order valence-electron chi connectivity index (χ3n) is 3.71. The second-order valence-corrected chi connectivity index (χ2v) is 6.40. The summed E-state index contributed by atoms with van der Waals surface area (Å²) in [6.07, 6.45) is 1.98. The van der Waals surface area contributed by atoms with E-state index in [0.717, 1.165) is 25.9 Å². The molecule has 18 heavy (non-hydrogen) atoms. The first-order valence-electron chi connectivity index (χ1n) is 6.45. The van der Waals surface area contributed by atoms with Crippen molar-refractivity contribution >= 4 is 11.8 Å². The molecule has 2 unspecified atom stereocenters. The molecule has 0 aromatic rings. The molecule has 0 saturated carbocycles. The van der Waals surface area contributed by atoms with Crippen molar-refractivity contribution in [2.45, 2.75) is 50.7 Å². The van der Waals surface area contributed by atoms with Crippen LogP contribution in [0.2, 0.25) is 0 Å². The van der Waals surface area contributed by atoms with Gasteiger partial charge in [0.2, 0.25) is 0 Å². The summed E-state index contributed by atoms with van der Waals surface area (Å²) in [7, 11) is 0. The summed E-state index contributed by atoms with van der Waals surface area (Å²) >= 11 is 0.0817. The molecule has 2 atom stereocenters. The van der Waals surface area contributed by atoms with Gasteiger partial charge >= 0.3 is 5.51 Å². The van der Waals surface area contributed by atoms with Crippen LogP contribution in [0.3, 0.4) is 0 Å². The summed E-state index contributed by atoms with van der Waals surface area (Å²) in [4.78, 5) is 2.18. The highest BCUT2D eigenvalue weighted by Crippen LogP contribution is 2.30. The Morgan fingerprint density at radius 1 is 1.44 bits per heavy atom. The summed E-state index contributed by atoms with van der Waals surface area (Å²) in [6, 6.07) is 0.347. The van der Waals surface area contributed by atoms with Gasteiger partial charge in [0.05, 0.1) is 0 Å². The highest BCUT2D eigenvalue weighted by atomic mass is 32.2. The molecular formula is C12H23F3N2S. The fraction of sp³-hybridized carbons (Fsp3) is 1.00. The predicted molar refractivity (Wildman–Crippen MR) is 70.9 cm³/mol. The minimum atomic E-state index is -4.11. The minimum absolute atomic E-state index is 0.0215. The number of halogens is 3. The van der Waals surface area contributed by atoms with Crippen LogP contribution in [0.25, 0.3) is 0 Å². The Morgan fingerprint density at radius 2 is 2.11 bits per heavy atom. The van der Waals surface area contributed by atoms with Crippen molar-refractivity contribution in [2.24, 2.45) is 0 Å². The fourth-order valence-corrected chi connectivity index (χ4v) is 2.80. The van der Waals surface area contributed by atoms with Gasteiger partial charge in [-0.05, 0) is 45.0 Å². The average Bonchev–Trinajstić information content (AvgIpc) is 2.38. The van der Waals surface area contributed by atoms with E-state index in [4.69, 9.17) is 0 Å². The van der Waals surface area contributed by atoms with E-state index in [-0.39, 0.29) is 23.1 Å². The summed E-state index contributed by atoms with van der Waals surface area (Å²) in [6.45, 7) is 8.63. The van der Waals surface area contributed by atoms with Crippen LogP contribution < -0.4 is 5.32 Å². The Labute approximate surface area is 112 Å². The molecule has 1 N–H and O–H groups in total. The SMILES string of the molecule is CCC1(C)CN(CCSC(F)(F)F)C(C)CCN1. The Balaban J connectivity index is 2.50. The summed E-state index contributed by atoms with van der Waals surface area (Å²) in [5, 5.41) is 3.50. The van der Waals surface area contributed by atoms with Crippen molar-refractivity contribution in [1.82, 2.24) is 10.2 Å². The predicted octanol–water partition coefficient (Wildman–Crippen LogP) is 3.09. The first-order valence-corrected chi connectivity index (χ1v) is 7.44. The topological polar surface area (TPSA) is 15.3 Å². The van der Waals surface area contributed by atoms with Crippen molar-refractivity contribution in [2.75, 3.05) is 25.4 Å². The van der Waals surface area contributed by atoms with E-state index in [1.165, 1.54) is 0 Å². The third-order valence-corrected chi connectivity index (χ3v) is 4.43. The molecule has 0 amide bonds. The quantitative estimate of drug-likeness (QED) is 0.854. The first kappa shape index (κ1) is 16.1. The molecule has 1 heterocycles. The van der Waals surface area contributed by atoms with Gasteiger partial charge < -0.3 is 5.32 Å². The van der Waals surface area contributed by atoms with Crippen LogP contribution in [0, 0.1) is 0 Å². The van der Waals surface area contributed by atoms with Crippen LogP contribution in [-0.4, -0.2) is 47.4 Å². The van der Waals surface area contributed by atoms with E-state index >= 15 is 0 Å². The standard InChI is InChI=1S/C12H23F3N2S/c1-4-11(3)9-17(10(2)5-6-16-11)7-8-18-12(13,14)15/h10,16H,4-9H2,1-3H3. The Morgan fingerprint density at radius 3 is 2.67 bits per heavy atom. The lowest BCUT2D eigenvalue weighted by atomic mass is 9.98. The maximum absolute atomic E-state index is 12.1. The number of nitrogens with one attached hydrogen (secondary N) is 1. The molecule has 6 heteroatoms. The summed E-state index contributed by atoms with van der Waals surface area (Å²) in [5.74, 6) is 0.119. The number of alkyl halides is 3. The number of nitrogens with zero attached hydrogens (tertiary/aromatic N) is 1. The average molecular weight is 284 g/mol. The van der Waals surface area contributed by atoms with Gasteiger partial charge in [-0.25, -0.2) is 0 Å². The van der Waals surface area contributed by atoms with Crippen molar-refractivity contribution in [1.29, 1.82) is 0 Å². The zero-order valence-electron chi connectivity index (χ0n) is 11.3. The zero-order chi connectivity index (χ0) is 13.8. The van der Waals surface area contributed by atoms with Gasteiger partial charge in [0, 0.05) is 30.4 Å². The molecule has 1 aliphatic heterocycles. The Bertz CT molecular complexity index is 260. The zero-order valence-corrected chi connectivity index (χ0v) is 12.1. The fourth-order valence-electron chi connectivity index (χ4n) is 2.24. The molecule has 1 fully saturated rings. The van der Waals surface area contributed by atoms with Gasteiger partial charge in [-0.3, -0.25) is 4.90 Å². The smallest absolute Gasteiger partial charge is 0.310 e. The molecule has 0 aromatic carbocycles. The molecular weight excluding hydrogens is 261 g/mol. The lowest BCUT2D eigenvalue weighted by molar-refractivity contribution is -0.0329. The van der Waals surface area contributed by atoms with Crippen LogP contribution >= 0.6 is 11.8 Å². The van der Waals surface area contributed by atoms with Crippen molar-refractivity contribution in [3.63, 3.8) is 0 Å². The van der Waals surface area contributed by atoms with Crippen molar-refractivity contribution < 1.29 is 13.2 Å². The largest absolute Gasteiger partial charge is 0.441 e. The van der Waals surface area contributed by atoms with E-state index in [0.29, 0.717) is 12.6 Å². The van der Waals surface area contributed by atoms with E-state index in [1.807, 2.05) is 0 Å². The second-order valence-electron chi connectivity index (χ2n) is 5.24. The first-order chi connectivity index (χ1) is 8.26. The van der Waals surface area contributed by atoms with Gasteiger partial charge in [0.1, 0.15) is 0 Å². The number of thioether (sulfide) groups is 1. The lowest BCUT2D eigenvalue weighted by Gasteiger charge is -2.34. The second kappa shape index (κ2) is 6.48. The van der Waals surface area contributed by atoms with Gasteiger partial charge in [-0.15, -0.1) is 0 Å². The molecule has 0 aromatic heterocycles. The highest BCUT2D eigenvalue weighted by molar-refractivity contribution is 8.00. The van der Waals surface area contributed by atoms with Crippen LogP contribution in [-0.2, 0) is 0 Å². The molecule has 0 aliphatic carbocycles. The summed E-state index contributed by atoms with van der Waals surface area (Å²) in [5.41, 5.74) is -4.09. The van der Waals surface area contributed by atoms with Crippen LogP contribution in [0.15, 0.2) is 0 Å². The van der Waals surface area contributed by atoms with Crippen LogP contribution in [0.4, 0.5) is 13.2 Å². The van der Waals surface area contributed by atoms with E-state index in [9.17, 15) is 13.2 Å². The molecule has 108 valence electrons. The molecule has 0 radical (unpaired) electrons. The monoisotopic (exact) mass is 284 g/mol. The van der Waals surface area contributed by atoms with Gasteiger partial charge in [-0.2, -0.15) is 13.2 Å². The number of hydrogen-bond donors (Lipinski definition) is 1. The molecule has 1 aliphatic rings. The van der Waals surface area contributed by atoms with Crippen molar-refractivity contribution in [3.8, 4) is 0 Å². The summed E-state index contributed by atoms with van der Waals surface area (Å²) < 4.78 is 36.4. The van der Waals surface area contributed by atoms with Crippen LogP contribution in [0.1, 0.15) is 33.6 Å². The molecule has 2 nitrogen and oxygen atoms in total. The minimum Gasteiger partial charge on any atom is -0.310 e. The van der Waals surface area contributed by atoms with Gasteiger partial charge in [0.15, 0.2) is 0 Å². The Hall–Kier alpha value is 0.0600. The van der Waals surface area contributed by atoms with Gasteiger partial charge in [0.25, 0.3) is 0 Å². The molecule has 1 saturated heterocycles. The number of rotatable bonds is 4. The van der Waals surface area contributed by atoms with E-state index < -0.39 is 5.51 Å². The molecule has 0 spiro atoms. The lowest BCUT2D eigenvalue weighted by Crippen LogP contribution is -2.49. The van der Waals surface area contributed by atoms with E-state index in [2.05, 4.69) is 31.0 Å². The highest BCUT2D eigenvalue weighted by Gasteiger charge is 2.32.